The van der Waals surface area contributed by atoms with Crippen molar-refractivity contribution in [2.24, 2.45) is 0 Å². The molecule has 1 unspecified atom stereocenters. The van der Waals surface area contributed by atoms with Gasteiger partial charge in [-0.2, -0.15) is 0 Å². The molecule has 0 bridgehead atoms. The van der Waals surface area contributed by atoms with Gasteiger partial charge >= 0.3 is 12.1 Å². The zero-order chi connectivity index (χ0) is 13.4. The molecule has 0 fully saturated rings. The predicted octanol–water partition coefficient (Wildman–Crippen LogP) is 2.34. The lowest BCUT2D eigenvalue weighted by molar-refractivity contribution is -0.137. The highest BCUT2D eigenvalue weighted by Gasteiger charge is 2.16. The Balaban J connectivity index is 2.69. The number of ether oxygens (including phenoxy) is 1. The van der Waals surface area contributed by atoms with Crippen LogP contribution in [0.5, 0.6) is 0 Å². The third kappa shape index (κ3) is 4.86. The number of alkyl carbamates (subject to hydrolysis) is 1. The molecular formula is C13H17NO4. The summed E-state index contributed by atoms with van der Waals surface area (Å²) in [7, 11) is 0. The SMILES string of the molecule is CCOC(=O)NC(CCC(=O)O)c1ccccc1. The monoisotopic (exact) mass is 251 g/mol. The molecule has 18 heavy (non-hydrogen) atoms. The number of carbonyl (C=O) groups is 2. The van der Waals surface area contributed by atoms with Gasteiger partial charge in [0.15, 0.2) is 0 Å². The number of amides is 1. The maximum absolute atomic E-state index is 11.4. The highest BCUT2D eigenvalue weighted by molar-refractivity contribution is 5.69. The molecule has 0 aliphatic heterocycles. The van der Waals surface area contributed by atoms with E-state index in [-0.39, 0.29) is 19.1 Å². The van der Waals surface area contributed by atoms with Gasteiger partial charge in [0.25, 0.3) is 0 Å². The maximum Gasteiger partial charge on any atom is 0.407 e. The van der Waals surface area contributed by atoms with Crippen molar-refractivity contribution in [2.75, 3.05) is 6.61 Å². The minimum absolute atomic E-state index is 0.00797. The number of carbonyl (C=O) groups excluding carboxylic acids is 1. The summed E-state index contributed by atoms with van der Waals surface area (Å²) in [5, 5.41) is 11.4. The van der Waals surface area contributed by atoms with Gasteiger partial charge in [0, 0.05) is 6.42 Å². The van der Waals surface area contributed by atoms with E-state index in [1.165, 1.54) is 0 Å². The number of hydrogen-bond acceptors (Lipinski definition) is 3. The predicted molar refractivity (Wildman–Crippen MR) is 66.2 cm³/mol. The average Bonchev–Trinajstić information content (AvgIpc) is 2.35. The van der Waals surface area contributed by atoms with Crippen LogP contribution in [0.4, 0.5) is 4.79 Å². The van der Waals surface area contributed by atoms with Crippen LogP contribution in [-0.4, -0.2) is 23.8 Å². The topological polar surface area (TPSA) is 75.6 Å². The molecule has 1 rings (SSSR count). The molecule has 0 aromatic heterocycles. The Kier molecular flexibility index (Phi) is 5.70. The summed E-state index contributed by atoms with van der Waals surface area (Å²) in [4.78, 5) is 22.0. The van der Waals surface area contributed by atoms with Crippen LogP contribution in [-0.2, 0) is 9.53 Å². The summed E-state index contributed by atoms with van der Waals surface area (Å²) in [6.45, 7) is 2.00. The first-order valence-corrected chi connectivity index (χ1v) is 5.83. The van der Waals surface area contributed by atoms with E-state index in [9.17, 15) is 9.59 Å². The Morgan fingerprint density at radius 3 is 2.56 bits per heavy atom. The molecule has 1 atom stereocenters. The van der Waals surface area contributed by atoms with E-state index in [1.807, 2.05) is 30.3 Å². The minimum atomic E-state index is -0.887. The zero-order valence-corrected chi connectivity index (χ0v) is 10.3. The summed E-state index contributed by atoms with van der Waals surface area (Å²) in [5.41, 5.74) is 0.867. The van der Waals surface area contributed by atoms with Crippen LogP contribution in [0, 0.1) is 0 Å². The molecule has 5 nitrogen and oxygen atoms in total. The summed E-state index contributed by atoms with van der Waals surface area (Å²) < 4.78 is 4.80. The van der Waals surface area contributed by atoms with Crippen molar-refractivity contribution < 1.29 is 19.4 Å². The minimum Gasteiger partial charge on any atom is -0.481 e. The van der Waals surface area contributed by atoms with E-state index >= 15 is 0 Å². The van der Waals surface area contributed by atoms with Gasteiger partial charge in [-0.3, -0.25) is 4.79 Å². The van der Waals surface area contributed by atoms with Crippen LogP contribution >= 0.6 is 0 Å². The van der Waals surface area contributed by atoms with Crippen LogP contribution in [0.2, 0.25) is 0 Å². The largest absolute Gasteiger partial charge is 0.481 e. The van der Waals surface area contributed by atoms with Gasteiger partial charge in [0.2, 0.25) is 0 Å². The van der Waals surface area contributed by atoms with E-state index in [4.69, 9.17) is 9.84 Å². The van der Waals surface area contributed by atoms with E-state index in [0.717, 1.165) is 5.56 Å². The van der Waals surface area contributed by atoms with Crippen molar-refractivity contribution in [3.8, 4) is 0 Å². The quantitative estimate of drug-likeness (QED) is 0.813. The molecule has 2 N–H and O–H groups in total. The summed E-state index contributed by atoms with van der Waals surface area (Å²) in [6.07, 6.45) is -0.207. The Labute approximate surface area is 106 Å². The maximum atomic E-state index is 11.4. The highest BCUT2D eigenvalue weighted by atomic mass is 16.5. The molecule has 0 aliphatic rings. The van der Waals surface area contributed by atoms with Crippen molar-refractivity contribution in [1.29, 1.82) is 0 Å². The molecule has 0 saturated heterocycles. The molecule has 1 amide bonds. The van der Waals surface area contributed by atoms with Gasteiger partial charge in [-0.05, 0) is 18.9 Å². The average molecular weight is 251 g/mol. The lowest BCUT2D eigenvalue weighted by atomic mass is 10.0. The molecule has 1 aromatic carbocycles. The Bertz CT molecular complexity index is 391. The molecule has 1 aromatic rings. The van der Waals surface area contributed by atoms with Crippen molar-refractivity contribution in [2.45, 2.75) is 25.8 Å². The fourth-order valence-electron chi connectivity index (χ4n) is 1.59. The van der Waals surface area contributed by atoms with Gasteiger partial charge in [-0.25, -0.2) is 4.79 Å². The Hall–Kier alpha value is -2.04. The van der Waals surface area contributed by atoms with Gasteiger partial charge < -0.3 is 15.2 Å². The van der Waals surface area contributed by atoms with E-state index < -0.39 is 12.1 Å². The molecule has 0 spiro atoms. The van der Waals surface area contributed by atoms with Crippen molar-refractivity contribution in [1.82, 2.24) is 5.32 Å². The molecule has 98 valence electrons. The van der Waals surface area contributed by atoms with Crippen LogP contribution in [0.3, 0.4) is 0 Å². The second-order valence-electron chi connectivity index (χ2n) is 3.76. The lowest BCUT2D eigenvalue weighted by Crippen LogP contribution is -2.29. The first-order chi connectivity index (χ1) is 8.63. The number of benzene rings is 1. The molecule has 5 heteroatoms. The second kappa shape index (κ2) is 7.32. The lowest BCUT2D eigenvalue weighted by Gasteiger charge is -2.18. The molecule has 0 aliphatic carbocycles. The van der Waals surface area contributed by atoms with Crippen LogP contribution < -0.4 is 5.32 Å². The van der Waals surface area contributed by atoms with Gasteiger partial charge in [0.05, 0.1) is 12.6 Å². The van der Waals surface area contributed by atoms with Crippen molar-refractivity contribution in [3.05, 3.63) is 35.9 Å². The summed E-state index contributed by atoms with van der Waals surface area (Å²) in [5.74, 6) is -0.887. The number of hydrogen-bond donors (Lipinski definition) is 2. The Morgan fingerprint density at radius 2 is 2.00 bits per heavy atom. The van der Waals surface area contributed by atoms with Crippen molar-refractivity contribution >= 4 is 12.1 Å². The molecular weight excluding hydrogens is 234 g/mol. The fraction of sp³-hybridized carbons (Fsp3) is 0.385. The van der Waals surface area contributed by atoms with Crippen LogP contribution in [0.1, 0.15) is 31.4 Å². The number of rotatable bonds is 6. The summed E-state index contributed by atoms with van der Waals surface area (Å²) in [6, 6.07) is 8.90. The number of aliphatic carboxylic acids is 1. The second-order valence-corrected chi connectivity index (χ2v) is 3.76. The number of nitrogens with one attached hydrogen (secondary N) is 1. The number of carboxylic acids is 1. The fourth-order valence-corrected chi connectivity index (χ4v) is 1.59. The van der Waals surface area contributed by atoms with E-state index in [0.29, 0.717) is 6.42 Å². The third-order valence-corrected chi connectivity index (χ3v) is 2.42. The molecule has 0 heterocycles. The standard InChI is InChI=1S/C13H17NO4/c1-2-18-13(17)14-11(8-9-12(15)16)10-6-4-3-5-7-10/h3-7,11H,2,8-9H2,1H3,(H,14,17)(H,15,16). The van der Waals surface area contributed by atoms with E-state index in [1.54, 1.807) is 6.92 Å². The number of carboxylic acid groups (broad SMARTS) is 1. The van der Waals surface area contributed by atoms with Gasteiger partial charge in [-0.15, -0.1) is 0 Å². The Morgan fingerprint density at radius 1 is 1.33 bits per heavy atom. The molecule has 0 saturated carbocycles. The zero-order valence-electron chi connectivity index (χ0n) is 10.3. The first kappa shape index (κ1) is 14.0. The van der Waals surface area contributed by atoms with Gasteiger partial charge in [0.1, 0.15) is 0 Å². The third-order valence-electron chi connectivity index (χ3n) is 2.42. The van der Waals surface area contributed by atoms with Crippen LogP contribution in [0.15, 0.2) is 30.3 Å². The van der Waals surface area contributed by atoms with Crippen LogP contribution in [0.25, 0.3) is 0 Å². The van der Waals surface area contributed by atoms with E-state index in [2.05, 4.69) is 5.32 Å². The highest BCUT2D eigenvalue weighted by Crippen LogP contribution is 2.18. The van der Waals surface area contributed by atoms with Crippen molar-refractivity contribution in [3.63, 3.8) is 0 Å². The summed E-state index contributed by atoms with van der Waals surface area (Å²) >= 11 is 0. The molecule has 0 radical (unpaired) electrons. The first-order valence-electron chi connectivity index (χ1n) is 5.83. The normalized spacial score (nSPS) is 11.6. The van der Waals surface area contributed by atoms with Gasteiger partial charge in [-0.1, -0.05) is 30.3 Å². The smallest absolute Gasteiger partial charge is 0.407 e.